The normalized spacial score (nSPS) is 27.4. The lowest BCUT2D eigenvalue weighted by Gasteiger charge is -2.30. The van der Waals surface area contributed by atoms with Crippen molar-refractivity contribution < 1.29 is 4.74 Å². The number of rotatable bonds is 4. The van der Waals surface area contributed by atoms with Crippen LogP contribution in [-0.4, -0.2) is 50.3 Å². The van der Waals surface area contributed by atoms with Gasteiger partial charge in [-0.2, -0.15) is 0 Å². The third-order valence-electron chi connectivity index (χ3n) is 5.09. The molecule has 0 aliphatic carbocycles. The zero-order chi connectivity index (χ0) is 14.4. The molecule has 0 saturated carbocycles. The van der Waals surface area contributed by atoms with Gasteiger partial charge in [-0.1, -0.05) is 20.8 Å². The van der Waals surface area contributed by atoms with Crippen LogP contribution in [0.4, 0.5) is 0 Å². The average molecular weight is 282 g/mol. The lowest BCUT2D eigenvalue weighted by Crippen LogP contribution is -2.35. The van der Waals surface area contributed by atoms with Crippen molar-refractivity contribution in [3.63, 3.8) is 0 Å². The van der Waals surface area contributed by atoms with Crippen LogP contribution in [0.5, 0.6) is 0 Å². The van der Waals surface area contributed by atoms with Crippen LogP contribution in [-0.2, 0) is 4.74 Å². The number of piperidine rings is 1. The van der Waals surface area contributed by atoms with Crippen molar-refractivity contribution in [1.82, 2.24) is 10.2 Å². The Morgan fingerprint density at radius 3 is 2.50 bits per heavy atom. The topological polar surface area (TPSA) is 24.5 Å². The Hall–Kier alpha value is -0.120. The highest BCUT2D eigenvalue weighted by Crippen LogP contribution is 2.34. The second-order valence-electron chi connectivity index (χ2n) is 7.66. The monoisotopic (exact) mass is 282 g/mol. The molecule has 2 saturated heterocycles. The number of hydrogen-bond donors (Lipinski definition) is 1. The van der Waals surface area contributed by atoms with Crippen LogP contribution in [0.2, 0.25) is 0 Å². The first-order chi connectivity index (χ1) is 9.55. The van der Waals surface area contributed by atoms with E-state index in [1.54, 1.807) is 0 Å². The first-order valence-electron chi connectivity index (χ1n) is 8.60. The van der Waals surface area contributed by atoms with Gasteiger partial charge in [0.2, 0.25) is 0 Å². The maximum Gasteiger partial charge on any atom is 0.0600 e. The summed E-state index contributed by atoms with van der Waals surface area (Å²) in [7, 11) is 0. The Morgan fingerprint density at radius 1 is 1.05 bits per heavy atom. The largest absolute Gasteiger partial charge is 0.377 e. The first kappa shape index (κ1) is 16.3. The van der Waals surface area contributed by atoms with E-state index in [1.807, 2.05) is 0 Å². The molecule has 2 heterocycles. The summed E-state index contributed by atoms with van der Waals surface area (Å²) in [5.41, 5.74) is 0.474. The molecule has 2 aliphatic rings. The highest BCUT2D eigenvalue weighted by Gasteiger charge is 2.26. The molecule has 0 bridgehead atoms. The molecular formula is C17H34N2O. The molecular weight excluding hydrogens is 248 g/mol. The van der Waals surface area contributed by atoms with Crippen molar-refractivity contribution in [3.05, 3.63) is 0 Å². The molecule has 1 unspecified atom stereocenters. The van der Waals surface area contributed by atoms with Crippen molar-refractivity contribution in [2.24, 2.45) is 11.3 Å². The summed E-state index contributed by atoms with van der Waals surface area (Å²) < 4.78 is 6.04. The summed E-state index contributed by atoms with van der Waals surface area (Å²) >= 11 is 0. The van der Waals surface area contributed by atoms with Crippen molar-refractivity contribution in [3.8, 4) is 0 Å². The molecule has 0 aromatic heterocycles. The van der Waals surface area contributed by atoms with Gasteiger partial charge < -0.3 is 15.0 Å². The van der Waals surface area contributed by atoms with Crippen LogP contribution in [0.15, 0.2) is 0 Å². The summed E-state index contributed by atoms with van der Waals surface area (Å²) in [6.07, 6.45) is 6.99. The Bertz CT molecular complexity index is 269. The van der Waals surface area contributed by atoms with E-state index in [4.69, 9.17) is 4.74 Å². The first-order valence-corrected chi connectivity index (χ1v) is 8.60. The van der Waals surface area contributed by atoms with E-state index in [1.165, 1.54) is 45.2 Å². The minimum atomic E-state index is 0.474. The van der Waals surface area contributed by atoms with E-state index < -0.39 is 0 Å². The van der Waals surface area contributed by atoms with Gasteiger partial charge in [0.1, 0.15) is 0 Å². The van der Waals surface area contributed by atoms with Crippen LogP contribution < -0.4 is 5.32 Å². The number of nitrogens with zero attached hydrogens (tertiary/aromatic N) is 1. The Kier molecular flexibility index (Phi) is 6.31. The zero-order valence-electron chi connectivity index (χ0n) is 13.8. The van der Waals surface area contributed by atoms with Gasteiger partial charge in [-0.05, 0) is 69.6 Å². The number of ether oxygens (including phenoxy) is 1. The lowest BCUT2D eigenvalue weighted by atomic mass is 9.77. The molecule has 0 amide bonds. The van der Waals surface area contributed by atoms with Crippen molar-refractivity contribution in [1.29, 1.82) is 0 Å². The van der Waals surface area contributed by atoms with E-state index in [0.717, 1.165) is 32.2 Å². The van der Waals surface area contributed by atoms with Gasteiger partial charge in [0.15, 0.2) is 0 Å². The lowest BCUT2D eigenvalue weighted by molar-refractivity contribution is 0.0202. The van der Waals surface area contributed by atoms with E-state index in [-0.39, 0.29) is 0 Å². The van der Waals surface area contributed by atoms with Gasteiger partial charge in [-0.25, -0.2) is 0 Å². The number of nitrogens with one attached hydrogen (secondary N) is 1. The minimum absolute atomic E-state index is 0.474. The van der Waals surface area contributed by atoms with E-state index in [9.17, 15) is 0 Å². The Morgan fingerprint density at radius 2 is 1.80 bits per heavy atom. The smallest absolute Gasteiger partial charge is 0.0600 e. The number of hydrogen-bond acceptors (Lipinski definition) is 3. The molecule has 0 aromatic rings. The molecule has 118 valence electrons. The van der Waals surface area contributed by atoms with Gasteiger partial charge in [-0.15, -0.1) is 0 Å². The highest BCUT2D eigenvalue weighted by atomic mass is 16.5. The van der Waals surface area contributed by atoms with E-state index in [2.05, 4.69) is 31.0 Å². The minimum Gasteiger partial charge on any atom is -0.377 e. The second-order valence-corrected chi connectivity index (χ2v) is 7.66. The summed E-state index contributed by atoms with van der Waals surface area (Å²) in [6.45, 7) is 14.0. The van der Waals surface area contributed by atoms with Crippen LogP contribution in [0.3, 0.4) is 0 Å². The van der Waals surface area contributed by atoms with Crippen molar-refractivity contribution >= 4 is 0 Å². The van der Waals surface area contributed by atoms with Crippen molar-refractivity contribution in [2.75, 3.05) is 39.3 Å². The van der Waals surface area contributed by atoms with Crippen LogP contribution >= 0.6 is 0 Å². The molecule has 20 heavy (non-hydrogen) atoms. The zero-order valence-corrected chi connectivity index (χ0v) is 13.8. The average Bonchev–Trinajstić information content (AvgIpc) is 2.65. The fraction of sp³-hybridized carbons (Fsp3) is 1.00. The second kappa shape index (κ2) is 7.77. The molecule has 0 spiro atoms. The standard InChI is InChI=1S/C17H34N2O/c1-17(2,3)15-5-4-11-19(12-8-15)13-14-20-16-6-9-18-10-7-16/h15-16,18H,4-14H2,1-3H3. The third kappa shape index (κ3) is 5.34. The van der Waals surface area contributed by atoms with Gasteiger partial charge in [0.05, 0.1) is 12.7 Å². The summed E-state index contributed by atoms with van der Waals surface area (Å²) in [6, 6.07) is 0. The SMILES string of the molecule is CC(C)(C)C1CCCN(CCOC2CCNCC2)CC1. The fourth-order valence-electron chi connectivity index (χ4n) is 3.56. The van der Waals surface area contributed by atoms with Gasteiger partial charge in [-0.3, -0.25) is 0 Å². The molecule has 1 atom stereocenters. The fourth-order valence-corrected chi connectivity index (χ4v) is 3.56. The summed E-state index contributed by atoms with van der Waals surface area (Å²) in [5.74, 6) is 0.887. The molecule has 2 fully saturated rings. The maximum atomic E-state index is 6.04. The van der Waals surface area contributed by atoms with Crippen LogP contribution in [0.1, 0.15) is 52.9 Å². The van der Waals surface area contributed by atoms with Crippen LogP contribution in [0.25, 0.3) is 0 Å². The molecule has 0 aromatic carbocycles. The maximum absolute atomic E-state index is 6.04. The molecule has 3 nitrogen and oxygen atoms in total. The molecule has 0 radical (unpaired) electrons. The van der Waals surface area contributed by atoms with E-state index >= 15 is 0 Å². The van der Waals surface area contributed by atoms with E-state index in [0.29, 0.717) is 11.5 Å². The van der Waals surface area contributed by atoms with Crippen molar-refractivity contribution in [2.45, 2.75) is 59.0 Å². The molecule has 3 heteroatoms. The van der Waals surface area contributed by atoms with Crippen LogP contribution in [0, 0.1) is 11.3 Å². The highest BCUT2D eigenvalue weighted by molar-refractivity contribution is 4.79. The van der Waals surface area contributed by atoms with Gasteiger partial charge in [0, 0.05) is 6.54 Å². The van der Waals surface area contributed by atoms with Gasteiger partial charge in [0.25, 0.3) is 0 Å². The quantitative estimate of drug-likeness (QED) is 0.858. The molecule has 2 rings (SSSR count). The predicted octanol–water partition coefficient (Wildman–Crippen LogP) is 2.90. The predicted molar refractivity (Wildman–Crippen MR) is 85.1 cm³/mol. The Balaban J connectivity index is 1.64. The molecule has 1 N–H and O–H groups in total. The Labute approximate surface area is 125 Å². The number of likely N-dealkylation sites (tertiary alicyclic amines) is 1. The summed E-state index contributed by atoms with van der Waals surface area (Å²) in [4.78, 5) is 2.62. The third-order valence-corrected chi connectivity index (χ3v) is 5.09. The van der Waals surface area contributed by atoms with Gasteiger partial charge >= 0.3 is 0 Å². The molecule has 2 aliphatic heterocycles. The summed E-state index contributed by atoms with van der Waals surface area (Å²) in [5, 5.41) is 3.39.